The van der Waals surface area contributed by atoms with Crippen LogP contribution in [0.15, 0.2) is 57.8 Å². The highest BCUT2D eigenvalue weighted by Crippen LogP contribution is 2.52. The lowest BCUT2D eigenvalue weighted by atomic mass is 9.86. The third-order valence-electron chi connectivity index (χ3n) is 5.45. The average Bonchev–Trinajstić information content (AvgIpc) is 2.83. The maximum absolute atomic E-state index is 12.1. The molecule has 23 heavy (non-hydrogen) atoms. The van der Waals surface area contributed by atoms with Crippen LogP contribution in [0.2, 0.25) is 0 Å². The lowest BCUT2D eigenvalue weighted by Crippen LogP contribution is -2.36. The van der Waals surface area contributed by atoms with Gasteiger partial charge in [0.05, 0.1) is 6.04 Å². The minimum Gasteiger partial charge on any atom is -0.387 e. The largest absolute Gasteiger partial charge is 0.387 e. The van der Waals surface area contributed by atoms with Crippen molar-refractivity contribution < 1.29 is 4.79 Å². The SMILES string of the molecule is O=C1C=CC2=C(Cl)NC3=C4C(CCC3)C3=CNCC=C3N4C2C1. The first-order valence-corrected chi connectivity index (χ1v) is 8.65. The highest BCUT2D eigenvalue weighted by Gasteiger charge is 2.46. The number of ketones is 1. The van der Waals surface area contributed by atoms with Crippen LogP contribution in [0.5, 0.6) is 0 Å². The number of allylic oxidation sites excluding steroid dienone is 4. The molecule has 0 saturated carbocycles. The zero-order chi connectivity index (χ0) is 15.6. The van der Waals surface area contributed by atoms with Crippen molar-refractivity contribution in [2.24, 2.45) is 5.92 Å². The molecule has 5 rings (SSSR count). The van der Waals surface area contributed by atoms with E-state index in [2.05, 4.69) is 27.8 Å². The molecule has 2 N–H and O–H groups in total. The Balaban J connectivity index is 1.75. The number of hydrogen-bond donors (Lipinski definition) is 2. The molecule has 0 bridgehead atoms. The molecule has 1 saturated heterocycles. The summed E-state index contributed by atoms with van der Waals surface area (Å²) >= 11 is 6.57. The number of nitrogens with zero attached hydrogens (tertiary/aromatic N) is 1. The summed E-state index contributed by atoms with van der Waals surface area (Å²) in [5.74, 6) is 0.585. The molecule has 0 spiro atoms. The van der Waals surface area contributed by atoms with Gasteiger partial charge >= 0.3 is 0 Å². The molecule has 3 heterocycles. The third kappa shape index (κ3) is 1.81. The van der Waals surface area contributed by atoms with Crippen molar-refractivity contribution in [1.82, 2.24) is 15.5 Å². The van der Waals surface area contributed by atoms with Crippen LogP contribution < -0.4 is 10.6 Å². The highest BCUT2D eigenvalue weighted by atomic mass is 35.5. The summed E-state index contributed by atoms with van der Waals surface area (Å²) in [6, 6.07) is 0.0100. The molecule has 2 atom stereocenters. The molecule has 4 nitrogen and oxygen atoms in total. The summed E-state index contributed by atoms with van der Waals surface area (Å²) in [6.45, 7) is 0.835. The molecule has 2 unspecified atom stereocenters. The van der Waals surface area contributed by atoms with Gasteiger partial charge in [0.1, 0.15) is 5.16 Å². The standard InChI is InChI=1S/C18H18ClN3O/c19-18-12-5-4-10(23)8-16(12)22-15-6-7-20-9-13(15)11-2-1-3-14(21-18)17(11)22/h4-6,9,11,16,20-21H,1-3,7-8H2. The Labute approximate surface area is 140 Å². The minimum absolute atomic E-state index is 0.0100. The van der Waals surface area contributed by atoms with E-state index in [1.54, 1.807) is 6.08 Å². The van der Waals surface area contributed by atoms with Gasteiger partial charge in [0, 0.05) is 53.3 Å². The third-order valence-corrected chi connectivity index (χ3v) is 5.76. The molecule has 1 fully saturated rings. The first kappa shape index (κ1) is 13.5. The second-order valence-corrected chi connectivity index (χ2v) is 7.07. The van der Waals surface area contributed by atoms with E-state index in [0.717, 1.165) is 31.4 Å². The summed E-state index contributed by atoms with van der Waals surface area (Å²) in [5.41, 5.74) is 6.22. The van der Waals surface area contributed by atoms with Crippen LogP contribution >= 0.6 is 11.6 Å². The number of hydrogen-bond acceptors (Lipinski definition) is 4. The monoisotopic (exact) mass is 327 g/mol. The summed E-state index contributed by atoms with van der Waals surface area (Å²) in [4.78, 5) is 14.5. The fourth-order valence-corrected chi connectivity index (χ4v) is 4.82. The first-order chi connectivity index (χ1) is 11.2. The molecule has 0 aromatic heterocycles. The fourth-order valence-electron chi connectivity index (χ4n) is 4.52. The molecular formula is C18H18ClN3O. The van der Waals surface area contributed by atoms with E-state index in [-0.39, 0.29) is 11.8 Å². The molecule has 3 aliphatic heterocycles. The Hall–Kier alpha value is -1.94. The van der Waals surface area contributed by atoms with Crippen molar-refractivity contribution in [2.45, 2.75) is 31.7 Å². The number of carbonyl (C=O) groups is 1. The van der Waals surface area contributed by atoms with Crippen molar-refractivity contribution in [3.63, 3.8) is 0 Å². The van der Waals surface area contributed by atoms with Gasteiger partial charge in [-0.15, -0.1) is 0 Å². The highest BCUT2D eigenvalue weighted by molar-refractivity contribution is 6.30. The van der Waals surface area contributed by atoms with Gasteiger partial charge in [-0.25, -0.2) is 0 Å². The van der Waals surface area contributed by atoms with Gasteiger partial charge in [-0.1, -0.05) is 17.7 Å². The predicted octanol–water partition coefficient (Wildman–Crippen LogP) is 2.64. The second kappa shape index (κ2) is 4.78. The Bertz CT molecular complexity index is 771. The summed E-state index contributed by atoms with van der Waals surface area (Å²) in [7, 11) is 0. The van der Waals surface area contributed by atoms with Gasteiger partial charge in [-0.05, 0) is 31.4 Å². The summed E-state index contributed by atoms with van der Waals surface area (Å²) in [6.07, 6.45) is 11.8. The number of rotatable bonds is 0. The Morgan fingerprint density at radius 2 is 2.22 bits per heavy atom. The summed E-state index contributed by atoms with van der Waals surface area (Å²) in [5, 5.41) is 7.48. The maximum atomic E-state index is 12.1. The Kier molecular flexibility index (Phi) is 2.80. The van der Waals surface area contributed by atoms with Crippen molar-refractivity contribution in [1.29, 1.82) is 0 Å². The number of halogens is 1. The lowest BCUT2D eigenvalue weighted by molar-refractivity contribution is -0.115. The minimum atomic E-state index is 0.0100. The van der Waals surface area contributed by atoms with Crippen LogP contribution in [0.1, 0.15) is 25.7 Å². The van der Waals surface area contributed by atoms with Gasteiger partial charge in [0.2, 0.25) is 0 Å². The van der Waals surface area contributed by atoms with Crippen molar-refractivity contribution in [2.75, 3.05) is 6.54 Å². The first-order valence-electron chi connectivity index (χ1n) is 8.28. The smallest absolute Gasteiger partial charge is 0.158 e. The molecule has 0 amide bonds. The van der Waals surface area contributed by atoms with Gasteiger partial charge < -0.3 is 15.5 Å². The quantitative estimate of drug-likeness (QED) is 0.671. The van der Waals surface area contributed by atoms with Crippen LogP contribution in [0.4, 0.5) is 0 Å². The van der Waals surface area contributed by atoms with Crippen molar-refractivity contribution >= 4 is 17.4 Å². The van der Waals surface area contributed by atoms with Crippen molar-refractivity contribution in [3.05, 3.63) is 57.8 Å². The Morgan fingerprint density at radius 3 is 3.13 bits per heavy atom. The zero-order valence-electron chi connectivity index (χ0n) is 12.7. The average molecular weight is 328 g/mol. The molecule has 0 aromatic carbocycles. The van der Waals surface area contributed by atoms with E-state index in [9.17, 15) is 4.79 Å². The molecule has 5 aliphatic rings. The van der Waals surface area contributed by atoms with E-state index < -0.39 is 0 Å². The zero-order valence-corrected chi connectivity index (χ0v) is 13.5. The molecule has 5 heteroatoms. The number of fused-ring (bicyclic) bond motifs is 5. The Morgan fingerprint density at radius 1 is 1.30 bits per heavy atom. The van der Waals surface area contributed by atoms with Gasteiger partial charge in [0.25, 0.3) is 0 Å². The van der Waals surface area contributed by atoms with Crippen LogP contribution in [0.3, 0.4) is 0 Å². The number of nitrogens with one attached hydrogen (secondary N) is 2. The molecule has 0 radical (unpaired) electrons. The van der Waals surface area contributed by atoms with Crippen LogP contribution in [-0.4, -0.2) is 23.3 Å². The van der Waals surface area contributed by atoms with Crippen LogP contribution in [-0.2, 0) is 4.79 Å². The van der Waals surface area contributed by atoms with E-state index in [1.807, 2.05) is 6.08 Å². The van der Waals surface area contributed by atoms with Gasteiger partial charge in [-0.2, -0.15) is 0 Å². The second-order valence-electron chi connectivity index (χ2n) is 6.69. The number of carbonyl (C=O) groups excluding carboxylic acids is 1. The van der Waals surface area contributed by atoms with Gasteiger partial charge in [0.15, 0.2) is 5.78 Å². The van der Waals surface area contributed by atoms with Gasteiger partial charge in [-0.3, -0.25) is 4.79 Å². The van der Waals surface area contributed by atoms with E-state index in [4.69, 9.17) is 11.6 Å². The van der Waals surface area contributed by atoms with E-state index in [0.29, 0.717) is 17.5 Å². The molecule has 118 valence electrons. The fraction of sp³-hybridized carbons (Fsp3) is 0.389. The van der Waals surface area contributed by atoms with E-state index >= 15 is 0 Å². The van der Waals surface area contributed by atoms with Crippen LogP contribution in [0.25, 0.3) is 0 Å². The maximum Gasteiger partial charge on any atom is 0.158 e. The number of dihydropyridines is 1. The topological polar surface area (TPSA) is 44.4 Å². The molecule has 2 aliphatic carbocycles. The predicted molar refractivity (Wildman–Crippen MR) is 88.9 cm³/mol. The molecular weight excluding hydrogens is 310 g/mol. The van der Waals surface area contributed by atoms with Crippen molar-refractivity contribution in [3.8, 4) is 0 Å². The van der Waals surface area contributed by atoms with Crippen LogP contribution in [0, 0.1) is 5.92 Å². The lowest BCUT2D eigenvalue weighted by Gasteiger charge is -2.34. The normalized spacial score (nSPS) is 31.5. The van der Waals surface area contributed by atoms with E-state index in [1.165, 1.54) is 22.7 Å². The summed E-state index contributed by atoms with van der Waals surface area (Å²) < 4.78 is 0. The molecule has 0 aromatic rings.